The van der Waals surface area contributed by atoms with Gasteiger partial charge in [-0.25, -0.2) is 18.9 Å². The molecule has 4 aromatic heterocycles. The summed E-state index contributed by atoms with van der Waals surface area (Å²) in [6, 6.07) is 0. The summed E-state index contributed by atoms with van der Waals surface area (Å²) >= 11 is 7.41. The number of anilines is 1. The van der Waals surface area contributed by atoms with Crippen molar-refractivity contribution in [1.82, 2.24) is 44.5 Å². The first kappa shape index (κ1) is 33.1. The standard InChI is InChI=1S/C19H21F3N10O10P2S2/c20-7-5(1-33)39-16(31-4-26-8-13(31)27-18(23)28-15(8)35)10(7)42-44(37,46)38-2-6-11(41-43(36)45)19(21,22)17(40-6)32-12-9(29-30-32)14(34)25-3-24-12/h3-7,10-11,16-17,33,43H,1-2H2,(H,36,45)(H,37,46)(H,24,25,34)(H3,23,27,28,35)/t5-,6-,7-,10-,11-,16-,17-,44?/m1/s1. The van der Waals surface area contributed by atoms with E-state index < -0.39 is 92.8 Å². The molecule has 6 rings (SSSR count). The summed E-state index contributed by atoms with van der Waals surface area (Å²) in [5.41, 5.74) is 2.93. The van der Waals surface area contributed by atoms with Crippen LogP contribution in [0.15, 0.2) is 22.2 Å². The van der Waals surface area contributed by atoms with Crippen LogP contribution in [0.25, 0.3) is 22.3 Å². The Labute approximate surface area is 262 Å². The Morgan fingerprint density at radius 2 is 1.96 bits per heavy atom. The molecule has 2 fully saturated rings. The lowest BCUT2D eigenvalue weighted by molar-refractivity contribution is -0.137. The number of aliphatic hydroxyl groups is 1. The molecular weight excluding hydrogens is 711 g/mol. The quantitative estimate of drug-likeness (QED) is 0.0935. The number of alkyl halides is 3. The number of aromatic nitrogens is 9. The highest BCUT2D eigenvalue weighted by molar-refractivity contribution is 8.44. The Balaban J connectivity index is 1.25. The van der Waals surface area contributed by atoms with Crippen LogP contribution in [0.5, 0.6) is 0 Å². The topological polar surface area (TPSA) is 267 Å². The molecule has 2 unspecified atom stereocenters. The van der Waals surface area contributed by atoms with Crippen molar-refractivity contribution in [2.45, 2.75) is 49.0 Å². The minimum atomic E-state index is -4.73. The first-order valence-corrected chi connectivity index (χ1v) is 18.0. The third-order valence-corrected chi connectivity index (χ3v) is 9.28. The van der Waals surface area contributed by atoms with Crippen molar-refractivity contribution in [3.05, 3.63) is 33.4 Å². The van der Waals surface area contributed by atoms with Crippen molar-refractivity contribution in [3.8, 4) is 0 Å². The Morgan fingerprint density at radius 1 is 1.20 bits per heavy atom. The van der Waals surface area contributed by atoms with Crippen LogP contribution in [0, 0.1) is 0 Å². The largest absolute Gasteiger partial charge is 0.394 e. The zero-order valence-corrected chi connectivity index (χ0v) is 26.1. The maximum Gasteiger partial charge on any atom is 0.386 e. The summed E-state index contributed by atoms with van der Waals surface area (Å²) in [5, 5.41) is 16.7. The predicted molar refractivity (Wildman–Crippen MR) is 154 cm³/mol. The van der Waals surface area contributed by atoms with E-state index >= 15 is 13.2 Å². The van der Waals surface area contributed by atoms with Gasteiger partial charge >= 0.3 is 12.7 Å². The molecule has 0 bridgehead atoms. The smallest absolute Gasteiger partial charge is 0.386 e. The van der Waals surface area contributed by atoms with E-state index in [2.05, 4.69) is 59.7 Å². The SMILES string of the molecule is Nc1nc2c(ncn2[C@@H]2O[C@H](CO)[C@@H](F)[C@H]2OP(=O)(S)OC[C@H]2O[C@@H](n3nnc4c(=O)[nH]cnc43)C(F)(F)[C@@H]2O[PH](=O)S)c(=O)[nH]1. The van der Waals surface area contributed by atoms with Gasteiger partial charge in [0.2, 0.25) is 19.4 Å². The average molecular weight is 733 g/mol. The van der Waals surface area contributed by atoms with Crippen LogP contribution in [0.1, 0.15) is 12.5 Å². The lowest BCUT2D eigenvalue weighted by atomic mass is 10.1. The lowest BCUT2D eigenvalue weighted by Gasteiger charge is -2.25. The molecule has 46 heavy (non-hydrogen) atoms. The normalized spacial score (nSPS) is 29.8. The van der Waals surface area contributed by atoms with Crippen LogP contribution in [0.2, 0.25) is 0 Å². The minimum absolute atomic E-state index is 0.174. The number of nitrogens with two attached hydrogens (primary N) is 1. The molecule has 250 valence electrons. The van der Waals surface area contributed by atoms with E-state index in [1.165, 1.54) is 0 Å². The molecule has 0 aromatic carbocycles. The van der Waals surface area contributed by atoms with Crippen LogP contribution >= 0.6 is 38.5 Å². The molecule has 0 aliphatic carbocycles. The molecule has 2 aliphatic rings. The van der Waals surface area contributed by atoms with Crippen molar-refractivity contribution < 1.29 is 50.5 Å². The number of imidazole rings is 1. The summed E-state index contributed by atoms with van der Waals surface area (Å²) in [7, 11) is -3.35. The molecule has 0 amide bonds. The van der Waals surface area contributed by atoms with Crippen LogP contribution in [0.4, 0.5) is 19.1 Å². The van der Waals surface area contributed by atoms with Crippen molar-refractivity contribution in [2.24, 2.45) is 0 Å². The summed E-state index contributed by atoms with van der Waals surface area (Å²) in [4.78, 5) is 40.3. The number of nitrogens with one attached hydrogen (secondary N) is 2. The van der Waals surface area contributed by atoms with Gasteiger partial charge in [-0.2, -0.15) is 18.4 Å². The van der Waals surface area contributed by atoms with Crippen molar-refractivity contribution in [3.63, 3.8) is 0 Å². The third kappa shape index (κ3) is 5.88. The number of fused-ring (bicyclic) bond motifs is 2. The fourth-order valence-electron chi connectivity index (χ4n) is 4.92. The van der Waals surface area contributed by atoms with E-state index in [9.17, 15) is 23.8 Å². The van der Waals surface area contributed by atoms with Crippen molar-refractivity contribution in [1.29, 1.82) is 0 Å². The number of nitrogen functional groups attached to an aromatic ring is 1. The van der Waals surface area contributed by atoms with Crippen molar-refractivity contribution >= 4 is 66.8 Å². The number of ether oxygens (including phenoxy) is 2. The second-order valence-corrected chi connectivity index (χ2v) is 14.5. The molecule has 0 spiro atoms. The molecule has 27 heteroatoms. The maximum absolute atomic E-state index is 15.6. The molecule has 2 aliphatic heterocycles. The maximum atomic E-state index is 15.6. The Bertz CT molecular complexity index is 1980. The Morgan fingerprint density at radius 3 is 2.67 bits per heavy atom. The number of nitrogens with zero attached hydrogens (tertiary/aromatic N) is 7. The van der Waals surface area contributed by atoms with Gasteiger partial charge in [-0.05, 0) is 0 Å². The van der Waals surface area contributed by atoms with Gasteiger partial charge in [0, 0.05) is 0 Å². The number of rotatable bonds is 10. The summed E-state index contributed by atoms with van der Waals surface area (Å²) in [6.07, 6.45) is -11.7. The molecular formula is C19H21F3N10O10P2S2. The first-order chi connectivity index (χ1) is 21.7. The highest BCUT2D eigenvalue weighted by Gasteiger charge is 2.62. The molecule has 20 nitrogen and oxygen atoms in total. The minimum Gasteiger partial charge on any atom is -0.394 e. The van der Waals surface area contributed by atoms with Gasteiger partial charge in [0.05, 0.1) is 25.9 Å². The van der Waals surface area contributed by atoms with Gasteiger partial charge < -0.3 is 29.8 Å². The van der Waals surface area contributed by atoms with E-state index in [4.69, 9.17) is 28.8 Å². The van der Waals surface area contributed by atoms with Crippen LogP contribution < -0.4 is 16.9 Å². The highest BCUT2D eigenvalue weighted by Crippen LogP contribution is 2.58. The first-order valence-electron chi connectivity index (χ1n) is 12.7. The fraction of sp³-hybridized carbons (Fsp3) is 0.526. The van der Waals surface area contributed by atoms with Gasteiger partial charge in [0.15, 0.2) is 40.8 Å². The van der Waals surface area contributed by atoms with E-state index in [1.807, 2.05) is 0 Å². The third-order valence-electron chi connectivity index (χ3n) is 6.89. The fourth-order valence-corrected chi connectivity index (χ4v) is 7.24. The van der Waals surface area contributed by atoms with E-state index in [1.54, 1.807) is 0 Å². The molecule has 4 aromatic rings. The Hall–Kier alpha value is -2.86. The number of hydrogen-bond donors (Lipinski definition) is 6. The van der Waals surface area contributed by atoms with Gasteiger partial charge in [0.25, 0.3) is 11.1 Å². The van der Waals surface area contributed by atoms with E-state index in [0.29, 0.717) is 4.68 Å². The number of halogens is 3. The van der Waals surface area contributed by atoms with Gasteiger partial charge in [-0.3, -0.25) is 32.8 Å². The van der Waals surface area contributed by atoms with Gasteiger partial charge in [0.1, 0.15) is 18.3 Å². The average Bonchev–Trinajstić information content (AvgIpc) is 3.72. The van der Waals surface area contributed by atoms with Gasteiger partial charge in [-0.15, -0.1) is 5.10 Å². The lowest BCUT2D eigenvalue weighted by Crippen LogP contribution is -2.40. The molecule has 2 saturated heterocycles. The monoisotopic (exact) mass is 732 g/mol. The zero-order valence-electron chi connectivity index (χ0n) is 22.4. The van der Waals surface area contributed by atoms with E-state index in [-0.39, 0.29) is 22.8 Å². The van der Waals surface area contributed by atoms with Crippen LogP contribution in [-0.2, 0) is 32.2 Å². The number of thiol groups is 2. The van der Waals surface area contributed by atoms with E-state index in [0.717, 1.165) is 17.2 Å². The molecule has 0 saturated carbocycles. The zero-order chi connectivity index (χ0) is 33.1. The summed E-state index contributed by atoms with van der Waals surface area (Å²) < 4.78 is 99.7. The number of aromatic amines is 2. The summed E-state index contributed by atoms with van der Waals surface area (Å²) in [6.45, 7) is -6.61. The molecule has 0 radical (unpaired) electrons. The second-order valence-electron chi connectivity index (χ2n) is 9.75. The number of H-pyrrole nitrogens is 2. The number of hydrogen-bond acceptors (Lipinski definition) is 16. The van der Waals surface area contributed by atoms with Crippen LogP contribution in [0.3, 0.4) is 0 Å². The molecule has 6 heterocycles. The van der Waals surface area contributed by atoms with Gasteiger partial charge in [-0.1, -0.05) is 29.7 Å². The molecule has 9 atom stereocenters. The summed E-state index contributed by atoms with van der Waals surface area (Å²) in [5.74, 6) is -4.36. The predicted octanol–water partition coefficient (Wildman–Crippen LogP) is 0.135. The molecule has 5 N–H and O–H groups in total. The second kappa shape index (κ2) is 12.3. The highest BCUT2D eigenvalue weighted by atomic mass is 32.7. The van der Waals surface area contributed by atoms with Crippen molar-refractivity contribution in [2.75, 3.05) is 18.9 Å². The Kier molecular flexibility index (Phi) is 8.84. The number of aliphatic hydroxyl groups excluding tert-OH is 1. The van der Waals surface area contributed by atoms with Crippen LogP contribution in [-0.4, -0.2) is 99.3 Å².